The summed E-state index contributed by atoms with van der Waals surface area (Å²) in [7, 11) is 1.96. The number of aromatic nitrogens is 2. The van der Waals surface area contributed by atoms with Crippen molar-refractivity contribution in [2.45, 2.75) is 78.2 Å². The molecule has 0 radical (unpaired) electrons. The van der Waals surface area contributed by atoms with Gasteiger partial charge in [-0.3, -0.25) is 9.48 Å². The third-order valence-corrected chi connectivity index (χ3v) is 9.88. The molecule has 7 unspecified atom stereocenters. The van der Waals surface area contributed by atoms with E-state index in [1.165, 1.54) is 19.3 Å². The highest BCUT2D eigenvalue weighted by Crippen LogP contribution is 2.66. The van der Waals surface area contributed by atoms with Crippen LogP contribution in [-0.2, 0) is 11.8 Å². The van der Waals surface area contributed by atoms with Gasteiger partial charge in [0, 0.05) is 23.7 Å². The predicted octanol–water partition coefficient (Wildman–Crippen LogP) is 4.69. The highest BCUT2D eigenvalue weighted by molar-refractivity contribution is 6.06. The number of allylic oxidation sites excluding steroid dienone is 1. The number of ketones is 1. The third kappa shape index (κ3) is 2.74. The van der Waals surface area contributed by atoms with Crippen LogP contribution in [0.25, 0.3) is 6.08 Å². The average Bonchev–Trinajstić information content (AvgIpc) is 3.14. The average molecular weight is 397 g/mol. The fourth-order valence-corrected chi connectivity index (χ4v) is 7.88. The van der Waals surface area contributed by atoms with Crippen molar-refractivity contribution in [3.05, 3.63) is 23.0 Å². The van der Waals surface area contributed by atoms with Gasteiger partial charge in [-0.15, -0.1) is 0 Å². The molecule has 4 fully saturated rings. The number of carbonyl (C=O) groups excluding carboxylic acids is 1. The summed E-state index contributed by atoms with van der Waals surface area (Å²) in [6.45, 7) is 6.84. The topological polar surface area (TPSA) is 55.1 Å². The Bertz CT molecular complexity index is 870. The summed E-state index contributed by atoms with van der Waals surface area (Å²) in [4.78, 5) is 13.5. The molecule has 1 N–H and O–H groups in total. The Kier molecular flexibility index (Phi) is 4.40. The van der Waals surface area contributed by atoms with Crippen molar-refractivity contribution in [2.24, 2.45) is 41.5 Å². The number of fused-ring (bicyclic) bond motifs is 5. The van der Waals surface area contributed by atoms with E-state index in [0.717, 1.165) is 54.9 Å². The maximum atomic E-state index is 13.5. The van der Waals surface area contributed by atoms with Gasteiger partial charge in [-0.05, 0) is 99.0 Å². The van der Waals surface area contributed by atoms with E-state index < -0.39 is 0 Å². The van der Waals surface area contributed by atoms with Crippen LogP contribution in [0.3, 0.4) is 0 Å². The molecule has 0 spiro atoms. The Morgan fingerprint density at radius 3 is 2.69 bits per heavy atom. The Morgan fingerprint density at radius 2 is 1.97 bits per heavy atom. The van der Waals surface area contributed by atoms with Gasteiger partial charge in [0.25, 0.3) is 0 Å². The molecule has 0 amide bonds. The van der Waals surface area contributed by atoms with Crippen LogP contribution in [0.2, 0.25) is 0 Å². The van der Waals surface area contributed by atoms with Gasteiger partial charge >= 0.3 is 0 Å². The number of aliphatic hydroxyl groups excluding tert-OH is 1. The molecule has 29 heavy (non-hydrogen) atoms. The van der Waals surface area contributed by atoms with Gasteiger partial charge in [0.1, 0.15) is 0 Å². The van der Waals surface area contributed by atoms with Gasteiger partial charge in [-0.1, -0.05) is 13.8 Å². The first-order chi connectivity index (χ1) is 13.7. The maximum Gasteiger partial charge on any atom is 0.165 e. The van der Waals surface area contributed by atoms with Gasteiger partial charge in [-0.2, -0.15) is 5.10 Å². The molecule has 1 aromatic heterocycles. The van der Waals surface area contributed by atoms with E-state index in [9.17, 15) is 9.90 Å². The number of aliphatic hydroxyl groups is 1. The third-order valence-electron chi connectivity index (χ3n) is 9.88. The molecular weight excluding hydrogens is 360 g/mol. The van der Waals surface area contributed by atoms with Crippen LogP contribution < -0.4 is 0 Å². The van der Waals surface area contributed by atoms with Gasteiger partial charge < -0.3 is 5.11 Å². The molecule has 4 aliphatic rings. The molecule has 1 aromatic rings. The minimum atomic E-state index is -0.180. The van der Waals surface area contributed by atoms with Gasteiger partial charge in [0.05, 0.1) is 12.3 Å². The first-order valence-electron chi connectivity index (χ1n) is 11.7. The van der Waals surface area contributed by atoms with Crippen LogP contribution in [-0.4, -0.2) is 26.8 Å². The zero-order valence-corrected chi connectivity index (χ0v) is 18.4. The summed E-state index contributed by atoms with van der Waals surface area (Å²) in [6.07, 6.45) is 12.7. The van der Waals surface area contributed by atoms with E-state index in [-0.39, 0.29) is 11.5 Å². The summed E-state index contributed by atoms with van der Waals surface area (Å²) in [5, 5.41) is 14.6. The Hall–Kier alpha value is -1.42. The predicted molar refractivity (Wildman–Crippen MR) is 114 cm³/mol. The van der Waals surface area contributed by atoms with Crippen molar-refractivity contribution < 1.29 is 9.90 Å². The minimum absolute atomic E-state index is 0.0937. The monoisotopic (exact) mass is 396 g/mol. The standard InChI is InChI=1S/C25H36N2O2/c1-15-17(14-26-27(15)4)11-16-12-22-20-6-5-18-13-19(28)7-9-24(18,2)21(20)8-10-25(22,3)23(16)29/h11,14,18-22,28H,5-10,12-13H2,1-4H3/b16-11+. The van der Waals surface area contributed by atoms with Crippen molar-refractivity contribution in [2.75, 3.05) is 0 Å². The fraction of sp³-hybridized carbons (Fsp3) is 0.760. The van der Waals surface area contributed by atoms with Crippen molar-refractivity contribution in [1.82, 2.24) is 9.78 Å². The second kappa shape index (κ2) is 6.54. The lowest BCUT2D eigenvalue weighted by Gasteiger charge is -2.59. The van der Waals surface area contributed by atoms with E-state index in [2.05, 4.69) is 31.9 Å². The second-order valence-electron chi connectivity index (χ2n) is 11.1. The number of nitrogens with zero attached hydrogens (tertiary/aromatic N) is 2. The molecular formula is C25H36N2O2. The van der Waals surface area contributed by atoms with Crippen LogP contribution in [0.1, 0.15) is 76.5 Å². The number of hydrogen-bond acceptors (Lipinski definition) is 3. The van der Waals surface area contributed by atoms with Crippen molar-refractivity contribution in [3.63, 3.8) is 0 Å². The smallest absolute Gasteiger partial charge is 0.165 e. The van der Waals surface area contributed by atoms with Gasteiger partial charge in [-0.25, -0.2) is 0 Å². The fourth-order valence-electron chi connectivity index (χ4n) is 7.88. The molecule has 158 valence electrons. The highest BCUT2D eigenvalue weighted by atomic mass is 16.3. The highest BCUT2D eigenvalue weighted by Gasteiger charge is 2.61. The summed E-state index contributed by atoms with van der Waals surface area (Å²) < 4.78 is 1.89. The van der Waals surface area contributed by atoms with E-state index in [0.29, 0.717) is 29.0 Å². The second-order valence-corrected chi connectivity index (χ2v) is 11.1. The summed E-state index contributed by atoms with van der Waals surface area (Å²) in [5.74, 6) is 2.94. The minimum Gasteiger partial charge on any atom is -0.393 e. The molecule has 4 nitrogen and oxygen atoms in total. The Balaban J connectivity index is 1.46. The molecule has 7 atom stereocenters. The Labute approximate surface area is 174 Å². The van der Waals surface area contributed by atoms with Gasteiger partial charge in [0.2, 0.25) is 0 Å². The molecule has 0 bridgehead atoms. The zero-order chi connectivity index (χ0) is 20.6. The molecule has 1 heterocycles. The molecule has 0 aliphatic heterocycles. The Morgan fingerprint density at radius 1 is 1.17 bits per heavy atom. The van der Waals surface area contributed by atoms with Crippen molar-refractivity contribution in [3.8, 4) is 0 Å². The molecule has 5 rings (SSSR count). The molecule has 4 aliphatic carbocycles. The van der Waals surface area contributed by atoms with Crippen molar-refractivity contribution >= 4 is 11.9 Å². The van der Waals surface area contributed by atoms with Crippen LogP contribution in [0, 0.1) is 41.4 Å². The van der Waals surface area contributed by atoms with Crippen LogP contribution >= 0.6 is 0 Å². The summed E-state index contributed by atoms with van der Waals surface area (Å²) in [6, 6.07) is 0. The first-order valence-corrected chi connectivity index (χ1v) is 11.7. The normalized spacial score (nSPS) is 45.8. The molecule has 4 heteroatoms. The van der Waals surface area contributed by atoms with Crippen molar-refractivity contribution in [1.29, 1.82) is 0 Å². The lowest BCUT2D eigenvalue weighted by atomic mass is 9.45. The molecule has 0 saturated heterocycles. The van der Waals surface area contributed by atoms with Gasteiger partial charge in [0.15, 0.2) is 5.78 Å². The van der Waals surface area contributed by atoms with Crippen LogP contribution in [0.4, 0.5) is 0 Å². The summed E-state index contributed by atoms with van der Waals surface area (Å²) >= 11 is 0. The quantitative estimate of drug-likeness (QED) is 0.701. The van der Waals surface area contributed by atoms with E-state index in [1.54, 1.807) is 0 Å². The van der Waals surface area contributed by atoms with E-state index >= 15 is 0 Å². The number of Topliss-reactive ketones (excluding diaryl/α,β-unsaturated/α-hetero) is 1. The zero-order valence-electron chi connectivity index (χ0n) is 18.4. The lowest BCUT2D eigenvalue weighted by molar-refractivity contribution is -0.141. The number of aryl methyl sites for hydroxylation is 1. The first kappa shape index (κ1) is 19.5. The molecule has 4 saturated carbocycles. The van der Waals surface area contributed by atoms with E-state index in [1.807, 2.05) is 17.9 Å². The van der Waals surface area contributed by atoms with E-state index in [4.69, 9.17) is 0 Å². The summed E-state index contributed by atoms with van der Waals surface area (Å²) in [5.41, 5.74) is 3.42. The number of hydrogen-bond donors (Lipinski definition) is 1. The molecule has 0 aromatic carbocycles. The number of rotatable bonds is 1. The largest absolute Gasteiger partial charge is 0.393 e. The number of carbonyl (C=O) groups is 1. The van der Waals surface area contributed by atoms with Crippen LogP contribution in [0.5, 0.6) is 0 Å². The SMILES string of the molecule is Cc1c(/C=C2\CC3C4CCC5CC(O)CCC5(C)C4CCC3(C)C2=O)cnn1C. The maximum absolute atomic E-state index is 13.5. The van der Waals surface area contributed by atoms with Crippen LogP contribution in [0.15, 0.2) is 11.8 Å². The lowest BCUT2D eigenvalue weighted by Crippen LogP contribution is -2.54.